The summed E-state index contributed by atoms with van der Waals surface area (Å²) in [6.45, 7) is 0. The SMILES string of the molecule is O=C(O)c1ccccc1NC=[SH]Cc1ccc(Cl)cc1. The predicted molar refractivity (Wildman–Crippen MR) is 87.2 cm³/mol. The zero-order valence-electron chi connectivity index (χ0n) is 10.6. The summed E-state index contributed by atoms with van der Waals surface area (Å²) in [5.74, 6) is -0.0877. The van der Waals surface area contributed by atoms with Crippen LogP contribution in [0.25, 0.3) is 0 Å². The summed E-state index contributed by atoms with van der Waals surface area (Å²) in [6.07, 6.45) is 0. The molecule has 104 valence electrons. The Kier molecular flexibility index (Phi) is 5.21. The van der Waals surface area contributed by atoms with Gasteiger partial charge in [-0.1, -0.05) is 35.9 Å². The maximum Gasteiger partial charge on any atom is 0.337 e. The highest BCUT2D eigenvalue weighted by atomic mass is 35.5. The monoisotopic (exact) mass is 307 g/mol. The molecule has 3 nitrogen and oxygen atoms in total. The van der Waals surface area contributed by atoms with Crippen LogP contribution >= 0.6 is 23.0 Å². The Hall–Kier alpha value is -1.78. The molecule has 0 fully saturated rings. The zero-order valence-corrected chi connectivity index (χ0v) is 12.2. The molecule has 20 heavy (non-hydrogen) atoms. The summed E-state index contributed by atoms with van der Waals surface area (Å²) in [5.41, 5.74) is 3.89. The van der Waals surface area contributed by atoms with Gasteiger partial charge >= 0.3 is 5.97 Å². The van der Waals surface area contributed by atoms with Crippen LogP contribution in [0.3, 0.4) is 0 Å². The highest BCUT2D eigenvalue weighted by Gasteiger charge is 2.06. The van der Waals surface area contributed by atoms with Crippen LogP contribution in [0.2, 0.25) is 5.02 Å². The van der Waals surface area contributed by atoms with E-state index in [9.17, 15) is 4.79 Å². The molecule has 2 aromatic rings. The number of aromatic carboxylic acids is 1. The molecule has 2 rings (SSSR count). The third-order valence-electron chi connectivity index (χ3n) is 2.66. The number of thiol groups is 1. The minimum atomic E-state index is -0.934. The first-order chi connectivity index (χ1) is 9.66. The average Bonchev–Trinajstić information content (AvgIpc) is 2.46. The highest BCUT2D eigenvalue weighted by Crippen LogP contribution is 2.15. The second kappa shape index (κ2) is 7.12. The first-order valence-electron chi connectivity index (χ1n) is 5.98. The van der Waals surface area contributed by atoms with Crippen molar-refractivity contribution in [2.24, 2.45) is 0 Å². The van der Waals surface area contributed by atoms with Crippen molar-refractivity contribution in [3.63, 3.8) is 0 Å². The van der Waals surface area contributed by atoms with Gasteiger partial charge in [-0.2, -0.15) is 11.4 Å². The van der Waals surface area contributed by atoms with Crippen molar-refractivity contribution >= 4 is 40.1 Å². The normalized spacial score (nSPS) is 11.1. The Labute approximate surface area is 126 Å². The van der Waals surface area contributed by atoms with E-state index >= 15 is 0 Å². The number of carbonyl (C=O) groups is 1. The number of hydrogen-bond acceptors (Lipinski definition) is 1. The maximum absolute atomic E-state index is 11.0. The van der Waals surface area contributed by atoms with Crippen LogP contribution in [0.5, 0.6) is 0 Å². The Morgan fingerprint density at radius 1 is 1.20 bits per heavy atom. The van der Waals surface area contributed by atoms with Crippen LogP contribution in [0.1, 0.15) is 15.9 Å². The molecule has 0 atom stereocenters. The second-order valence-corrected chi connectivity index (χ2v) is 5.47. The lowest BCUT2D eigenvalue weighted by Gasteiger charge is -2.04. The van der Waals surface area contributed by atoms with Crippen molar-refractivity contribution < 1.29 is 9.90 Å². The molecule has 2 aromatic carbocycles. The third-order valence-corrected chi connectivity index (χ3v) is 3.77. The van der Waals surface area contributed by atoms with Crippen LogP contribution in [0.4, 0.5) is 5.69 Å². The summed E-state index contributed by atoms with van der Waals surface area (Å²) in [4.78, 5) is 11.0. The summed E-state index contributed by atoms with van der Waals surface area (Å²) in [7, 11) is 0. The van der Waals surface area contributed by atoms with Crippen LogP contribution in [-0.4, -0.2) is 16.6 Å². The molecule has 0 aliphatic carbocycles. The summed E-state index contributed by atoms with van der Waals surface area (Å²) < 4.78 is 0. The standard InChI is InChI=1S/C15H14ClNO2S/c16-12-7-5-11(6-8-12)9-20-10-17-14-4-2-1-3-13(14)15(18)19/h1-8,10,17,20H,9H2,(H,18,19). The molecule has 0 amide bonds. The van der Waals surface area contributed by atoms with E-state index in [1.54, 1.807) is 24.3 Å². The first-order valence-corrected chi connectivity index (χ1v) is 7.51. The largest absolute Gasteiger partial charge is 0.478 e. The van der Waals surface area contributed by atoms with E-state index in [1.807, 2.05) is 29.8 Å². The molecule has 0 radical (unpaired) electrons. The molecule has 0 aromatic heterocycles. The number of halogens is 1. The van der Waals surface area contributed by atoms with Crippen molar-refractivity contribution in [2.75, 3.05) is 5.32 Å². The van der Waals surface area contributed by atoms with Gasteiger partial charge in [0.2, 0.25) is 0 Å². The Bertz CT molecular complexity index is 626. The lowest BCUT2D eigenvalue weighted by Crippen LogP contribution is -2.03. The van der Waals surface area contributed by atoms with Crippen LogP contribution < -0.4 is 5.32 Å². The van der Waals surface area contributed by atoms with Gasteiger partial charge in [-0.15, -0.1) is 0 Å². The first kappa shape index (κ1) is 14.6. The predicted octanol–water partition coefficient (Wildman–Crippen LogP) is 3.88. The minimum absolute atomic E-state index is 0.269. The molecule has 2 N–H and O–H groups in total. The van der Waals surface area contributed by atoms with E-state index in [0.717, 1.165) is 22.1 Å². The quantitative estimate of drug-likeness (QED) is 0.580. The van der Waals surface area contributed by atoms with E-state index in [4.69, 9.17) is 16.7 Å². The van der Waals surface area contributed by atoms with E-state index in [-0.39, 0.29) is 5.56 Å². The highest BCUT2D eigenvalue weighted by molar-refractivity contribution is 7.96. The molecule has 0 aliphatic rings. The van der Waals surface area contributed by atoms with Crippen molar-refractivity contribution in [3.05, 3.63) is 64.7 Å². The topological polar surface area (TPSA) is 49.3 Å². The number of nitrogens with one attached hydrogen (secondary N) is 1. The lowest BCUT2D eigenvalue weighted by atomic mass is 10.2. The number of carboxylic acid groups (broad SMARTS) is 1. The van der Waals surface area contributed by atoms with Gasteiger partial charge in [0.05, 0.1) is 11.3 Å². The van der Waals surface area contributed by atoms with E-state index in [1.165, 1.54) is 5.56 Å². The number of benzene rings is 2. The number of para-hydroxylation sites is 1. The lowest BCUT2D eigenvalue weighted by molar-refractivity contribution is 0.0698. The second-order valence-electron chi connectivity index (χ2n) is 4.09. The van der Waals surface area contributed by atoms with Crippen molar-refractivity contribution in [2.45, 2.75) is 5.75 Å². The molecular formula is C15H14ClNO2S. The molecule has 0 bridgehead atoms. The fourth-order valence-corrected chi connectivity index (χ4v) is 2.52. The molecule has 0 heterocycles. The minimum Gasteiger partial charge on any atom is -0.478 e. The Morgan fingerprint density at radius 2 is 1.90 bits per heavy atom. The van der Waals surface area contributed by atoms with Gasteiger partial charge in [-0.05, 0) is 29.8 Å². The summed E-state index contributed by atoms with van der Waals surface area (Å²) in [6, 6.07) is 14.5. The van der Waals surface area contributed by atoms with Gasteiger partial charge < -0.3 is 10.4 Å². The molecule has 0 saturated heterocycles. The Balaban J connectivity index is 1.97. The Morgan fingerprint density at radius 3 is 2.60 bits per heavy atom. The van der Waals surface area contributed by atoms with Gasteiger partial charge in [0.15, 0.2) is 0 Å². The average molecular weight is 308 g/mol. The van der Waals surface area contributed by atoms with Gasteiger partial charge in [0, 0.05) is 16.3 Å². The molecule has 5 heteroatoms. The smallest absolute Gasteiger partial charge is 0.337 e. The summed E-state index contributed by atoms with van der Waals surface area (Å²) >= 11 is 6.87. The van der Waals surface area contributed by atoms with Gasteiger partial charge in [0.25, 0.3) is 0 Å². The van der Waals surface area contributed by atoms with Gasteiger partial charge in [-0.25, -0.2) is 4.79 Å². The molecular weight excluding hydrogens is 294 g/mol. The van der Waals surface area contributed by atoms with E-state index < -0.39 is 5.97 Å². The maximum atomic E-state index is 11.0. The summed E-state index contributed by atoms with van der Waals surface area (Å²) in [5, 5.41) is 12.8. The van der Waals surface area contributed by atoms with E-state index in [0.29, 0.717) is 5.69 Å². The van der Waals surface area contributed by atoms with Crippen LogP contribution in [0, 0.1) is 0 Å². The van der Waals surface area contributed by atoms with Crippen LogP contribution in [-0.2, 0) is 5.75 Å². The molecule has 0 saturated carbocycles. The van der Waals surface area contributed by atoms with Crippen molar-refractivity contribution in [1.82, 2.24) is 0 Å². The van der Waals surface area contributed by atoms with Gasteiger partial charge in [-0.3, -0.25) is 0 Å². The molecule has 0 spiro atoms. The van der Waals surface area contributed by atoms with Crippen molar-refractivity contribution in [3.8, 4) is 0 Å². The van der Waals surface area contributed by atoms with Crippen molar-refractivity contribution in [1.29, 1.82) is 0 Å². The number of rotatable bonds is 5. The number of anilines is 1. The zero-order chi connectivity index (χ0) is 14.4. The van der Waals surface area contributed by atoms with Gasteiger partial charge in [0.1, 0.15) is 0 Å². The van der Waals surface area contributed by atoms with E-state index in [2.05, 4.69) is 5.32 Å². The fourth-order valence-electron chi connectivity index (χ4n) is 1.65. The number of carboxylic acids is 1. The molecule has 0 unspecified atom stereocenters. The van der Waals surface area contributed by atoms with Crippen LogP contribution in [0.15, 0.2) is 48.5 Å². The molecule has 0 aliphatic heterocycles. The number of hydrogen-bond donors (Lipinski definition) is 3. The third kappa shape index (κ3) is 4.11. The fraction of sp³-hybridized carbons (Fsp3) is 0.0667.